The van der Waals surface area contributed by atoms with Gasteiger partial charge in [0.25, 0.3) is 0 Å². The lowest BCUT2D eigenvalue weighted by Crippen LogP contribution is -2.34. The van der Waals surface area contributed by atoms with Crippen LogP contribution in [0.4, 0.5) is 0 Å². The monoisotopic (exact) mass is 192 g/mol. The SMILES string of the molecule is O=C([O-])C[C@H](C(=O)[O-])c1ccccc1. The standard InChI is InChI=1S/C10H10O4/c11-9(12)6-8(10(13)14)7-4-2-1-3-5-7/h1-5,8H,6H2,(H,11,12)(H,13,14)/p-2/t8-/m0/s1. The Labute approximate surface area is 80.8 Å². The molecule has 0 aromatic heterocycles. The largest absolute Gasteiger partial charge is 0.550 e. The summed E-state index contributed by atoms with van der Waals surface area (Å²) in [6.45, 7) is 0. The Morgan fingerprint density at radius 3 is 2.14 bits per heavy atom. The highest BCUT2D eigenvalue weighted by Gasteiger charge is 2.12. The molecule has 0 aliphatic heterocycles. The first-order valence-corrected chi connectivity index (χ1v) is 4.07. The van der Waals surface area contributed by atoms with Crippen molar-refractivity contribution in [3.8, 4) is 0 Å². The van der Waals surface area contributed by atoms with E-state index >= 15 is 0 Å². The third-order valence-corrected chi connectivity index (χ3v) is 1.86. The molecule has 0 saturated heterocycles. The third kappa shape index (κ3) is 2.58. The van der Waals surface area contributed by atoms with E-state index in [0.717, 1.165) is 0 Å². The van der Waals surface area contributed by atoms with Crippen molar-refractivity contribution < 1.29 is 19.8 Å². The maximum atomic E-state index is 10.6. The highest BCUT2D eigenvalue weighted by molar-refractivity contribution is 5.80. The predicted octanol–water partition coefficient (Wildman–Crippen LogP) is -1.34. The number of carbonyl (C=O) groups excluding carboxylic acids is 2. The minimum Gasteiger partial charge on any atom is -0.550 e. The summed E-state index contributed by atoms with van der Waals surface area (Å²) in [4.78, 5) is 20.9. The van der Waals surface area contributed by atoms with Crippen LogP contribution >= 0.6 is 0 Å². The highest BCUT2D eigenvalue weighted by Crippen LogP contribution is 2.17. The number of carboxylic acids is 2. The van der Waals surface area contributed by atoms with Crippen LogP contribution in [0, 0.1) is 0 Å². The summed E-state index contributed by atoms with van der Waals surface area (Å²) in [7, 11) is 0. The molecule has 0 spiro atoms. The Balaban J connectivity index is 2.89. The molecule has 0 heterocycles. The first kappa shape index (κ1) is 10.2. The van der Waals surface area contributed by atoms with Gasteiger partial charge in [-0.15, -0.1) is 0 Å². The van der Waals surface area contributed by atoms with Crippen LogP contribution in [0.5, 0.6) is 0 Å². The van der Waals surface area contributed by atoms with Gasteiger partial charge in [0.15, 0.2) is 0 Å². The molecule has 0 saturated carbocycles. The fourth-order valence-corrected chi connectivity index (χ4v) is 1.19. The van der Waals surface area contributed by atoms with Crippen molar-refractivity contribution in [2.45, 2.75) is 12.3 Å². The molecule has 74 valence electrons. The first-order valence-electron chi connectivity index (χ1n) is 4.07. The summed E-state index contributed by atoms with van der Waals surface area (Å²) in [5, 5.41) is 20.9. The molecule has 0 radical (unpaired) electrons. The first-order chi connectivity index (χ1) is 6.61. The minimum absolute atomic E-state index is 0.414. The Hall–Kier alpha value is -1.84. The molecule has 14 heavy (non-hydrogen) atoms. The van der Waals surface area contributed by atoms with Crippen LogP contribution in [0.3, 0.4) is 0 Å². The third-order valence-electron chi connectivity index (χ3n) is 1.86. The summed E-state index contributed by atoms with van der Waals surface area (Å²) in [6, 6.07) is 8.09. The molecule has 1 atom stereocenters. The zero-order valence-electron chi connectivity index (χ0n) is 7.30. The fourth-order valence-electron chi connectivity index (χ4n) is 1.19. The summed E-state index contributed by atoms with van der Waals surface area (Å²) >= 11 is 0. The van der Waals surface area contributed by atoms with Crippen molar-refractivity contribution in [2.75, 3.05) is 0 Å². The van der Waals surface area contributed by atoms with Gasteiger partial charge in [0, 0.05) is 17.9 Å². The zero-order valence-corrected chi connectivity index (χ0v) is 7.30. The van der Waals surface area contributed by atoms with Crippen molar-refractivity contribution in [1.82, 2.24) is 0 Å². The van der Waals surface area contributed by atoms with Crippen LogP contribution in [-0.4, -0.2) is 11.9 Å². The van der Waals surface area contributed by atoms with Crippen LogP contribution in [0.2, 0.25) is 0 Å². The normalized spacial score (nSPS) is 12.0. The molecule has 1 aromatic rings. The molecule has 0 aliphatic rings. The molecule has 0 N–H and O–H groups in total. The number of benzene rings is 1. The maximum absolute atomic E-state index is 10.6. The molecule has 0 unspecified atom stereocenters. The van der Waals surface area contributed by atoms with E-state index in [1.807, 2.05) is 0 Å². The lowest BCUT2D eigenvalue weighted by Gasteiger charge is -2.18. The zero-order chi connectivity index (χ0) is 10.6. The van der Waals surface area contributed by atoms with Gasteiger partial charge in [0.1, 0.15) is 0 Å². The highest BCUT2D eigenvalue weighted by atomic mass is 16.4. The summed E-state index contributed by atoms with van der Waals surface area (Å²) in [5.41, 5.74) is 0.414. The van der Waals surface area contributed by atoms with Gasteiger partial charge in [-0.3, -0.25) is 0 Å². The molecule has 0 aliphatic carbocycles. The topological polar surface area (TPSA) is 80.3 Å². The quantitative estimate of drug-likeness (QED) is 0.591. The number of hydrogen-bond donors (Lipinski definition) is 0. The molecule has 0 amide bonds. The minimum atomic E-state index is -1.40. The van der Waals surface area contributed by atoms with E-state index in [4.69, 9.17) is 0 Å². The molecule has 1 aromatic carbocycles. The van der Waals surface area contributed by atoms with E-state index in [2.05, 4.69) is 0 Å². The maximum Gasteiger partial charge on any atom is 0.0493 e. The number of aliphatic carboxylic acids is 2. The fraction of sp³-hybridized carbons (Fsp3) is 0.200. The molecule has 1 rings (SSSR count). The van der Waals surface area contributed by atoms with Crippen molar-refractivity contribution in [1.29, 1.82) is 0 Å². The summed E-state index contributed by atoms with van der Waals surface area (Å²) in [6.07, 6.45) is -0.563. The van der Waals surface area contributed by atoms with Gasteiger partial charge < -0.3 is 19.8 Å². The van der Waals surface area contributed by atoms with Crippen molar-refractivity contribution in [2.24, 2.45) is 0 Å². The van der Waals surface area contributed by atoms with Crippen molar-refractivity contribution >= 4 is 11.9 Å². The van der Waals surface area contributed by atoms with E-state index in [9.17, 15) is 19.8 Å². The molecular weight excluding hydrogens is 184 g/mol. The number of carboxylic acid groups (broad SMARTS) is 2. The van der Waals surface area contributed by atoms with Crippen LogP contribution < -0.4 is 10.2 Å². The molecule has 0 fully saturated rings. The Morgan fingerprint density at radius 1 is 1.14 bits per heavy atom. The number of rotatable bonds is 4. The van der Waals surface area contributed by atoms with Crippen LogP contribution in [0.15, 0.2) is 30.3 Å². The lowest BCUT2D eigenvalue weighted by molar-refractivity contribution is -0.317. The van der Waals surface area contributed by atoms with Gasteiger partial charge in [0.2, 0.25) is 0 Å². The Morgan fingerprint density at radius 2 is 1.71 bits per heavy atom. The van der Waals surface area contributed by atoms with E-state index < -0.39 is 24.3 Å². The summed E-state index contributed by atoms with van der Waals surface area (Å²) < 4.78 is 0. The van der Waals surface area contributed by atoms with Crippen LogP contribution in [-0.2, 0) is 9.59 Å². The predicted molar refractivity (Wildman–Crippen MR) is 43.8 cm³/mol. The van der Waals surface area contributed by atoms with E-state index in [0.29, 0.717) is 5.56 Å². The average molecular weight is 192 g/mol. The van der Waals surface area contributed by atoms with E-state index in [1.165, 1.54) is 0 Å². The second-order valence-electron chi connectivity index (χ2n) is 2.86. The Bertz CT molecular complexity index is 331. The second-order valence-corrected chi connectivity index (χ2v) is 2.86. The van der Waals surface area contributed by atoms with Gasteiger partial charge >= 0.3 is 0 Å². The van der Waals surface area contributed by atoms with Crippen molar-refractivity contribution in [3.05, 3.63) is 35.9 Å². The number of hydrogen-bond acceptors (Lipinski definition) is 4. The van der Waals surface area contributed by atoms with Gasteiger partial charge in [0.05, 0.1) is 0 Å². The molecular formula is C10H8O4-2. The Kier molecular flexibility index (Phi) is 3.23. The lowest BCUT2D eigenvalue weighted by atomic mass is 9.96. The van der Waals surface area contributed by atoms with Gasteiger partial charge in [-0.2, -0.15) is 0 Å². The average Bonchev–Trinajstić information content (AvgIpc) is 2.15. The van der Waals surface area contributed by atoms with Crippen LogP contribution in [0.1, 0.15) is 17.9 Å². The molecule has 4 nitrogen and oxygen atoms in total. The number of carbonyl (C=O) groups is 2. The molecule has 0 bridgehead atoms. The van der Waals surface area contributed by atoms with Gasteiger partial charge in [-0.1, -0.05) is 30.3 Å². The van der Waals surface area contributed by atoms with E-state index in [-0.39, 0.29) is 0 Å². The molecule has 4 heteroatoms. The van der Waals surface area contributed by atoms with Crippen LogP contribution in [0.25, 0.3) is 0 Å². The van der Waals surface area contributed by atoms with E-state index in [1.54, 1.807) is 30.3 Å². The summed E-state index contributed by atoms with van der Waals surface area (Å²) in [5.74, 6) is -3.94. The second kappa shape index (κ2) is 4.41. The van der Waals surface area contributed by atoms with Crippen molar-refractivity contribution in [3.63, 3.8) is 0 Å². The smallest absolute Gasteiger partial charge is 0.0493 e. The van der Waals surface area contributed by atoms with Gasteiger partial charge in [-0.05, 0) is 12.0 Å². The van der Waals surface area contributed by atoms with Gasteiger partial charge in [-0.25, -0.2) is 0 Å².